The van der Waals surface area contributed by atoms with Gasteiger partial charge in [-0.15, -0.1) is 0 Å². The highest BCUT2D eigenvalue weighted by atomic mass is 19.1. The first-order valence-corrected chi connectivity index (χ1v) is 25.3. The van der Waals surface area contributed by atoms with Crippen molar-refractivity contribution in [3.63, 3.8) is 0 Å². The molecule has 0 aliphatic carbocycles. The summed E-state index contributed by atoms with van der Waals surface area (Å²) in [5.74, 6) is -1.45. The second kappa shape index (κ2) is 18.3. The number of halogens is 4. The van der Waals surface area contributed by atoms with Gasteiger partial charge in [-0.1, -0.05) is 24.3 Å². The predicted molar refractivity (Wildman–Crippen MR) is 302 cm³/mol. The third kappa shape index (κ3) is 7.73. The molecule has 378 valence electrons. The van der Waals surface area contributed by atoms with Crippen molar-refractivity contribution in [1.82, 2.24) is 18.7 Å². The van der Waals surface area contributed by atoms with Crippen molar-refractivity contribution in [3.05, 3.63) is 251 Å². The minimum atomic E-state index is -0.362. The Balaban J connectivity index is 1.32. The monoisotopic (exact) mass is 1010 g/mol. The Bertz CT molecular complexity index is 3540. The maximum absolute atomic E-state index is 15.1. The molecule has 0 saturated heterocycles. The van der Waals surface area contributed by atoms with Gasteiger partial charge in [-0.05, 0) is 213 Å². The first kappa shape index (κ1) is 47.8. The first-order valence-electron chi connectivity index (χ1n) is 25.3. The van der Waals surface area contributed by atoms with Gasteiger partial charge in [0, 0.05) is 77.9 Å². The number of hydrogen-bond acceptors (Lipinski definition) is 4. The van der Waals surface area contributed by atoms with E-state index in [9.17, 15) is 0 Å². The Morgan fingerprint density at radius 1 is 0.237 bits per heavy atom. The summed E-state index contributed by atoms with van der Waals surface area (Å²) in [7, 11) is 0. The van der Waals surface area contributed by atoms with Gasteiger partial charge < -0.3 is 0 Å². The molecule has 12 rings (SSSR count). The minimum absolute atomic E-state index is 0.362. The molecule has 0 spiro atoms. The van der Waals surface area contributed by atoms with Crippen LogP contribution in [0, 0.1) is 78.7 Å². The first-order chi connectivity index (χ1) is 36.7. The van der Waals surface area contributed by atoms with Crippen molar-refractivity contribution in [3.8, 4) is 0 Å². The van der Waals surface area contributed by atoms with E-state index in [-0.39, 0.29) is 23.3 Å². The molecule has 0 amide bonds. The molecule has 0 unspecified atom stereocenters. The van der Waals surface area contributed by atoms with Crippen LogP contribution in [0.5, 0.6) is 0 Å². The van der Waals surface area contributed by atoms with E-state index < -0.39 is 0 Å². The highest BCUT2D eigenvalue weighted by molar-refractivity contribution is 6.32. The fourth-order valence-electron chi connectivity index (χ4n) is 11.3. The lowest BCUT2D eigenvalue weighted by atomic mass is 9.90. The molecule has 0 aliphatic rings. The lowest BCUT2D eigenvalue weighted by Gasteiger charge is -2.36. The Kier molecular flexibility index (Phi) is 11.5. The van der Waals surface area contributed by atoms with E-state index in [1.54, 1.807) is 48.5 Å². The normalized spacial score (nSPS) is 11.7. The summed E-state index contributed by atoms with van der Waals surface area (Å²) >= 11 is 0. The van der Waals surface area contributed by atoms with E-state index in [1.807, 2.05) is 0 Å². The van der Waals surface area contributed by atoms with Crippen LogP contribution in [-0.2, 0) is 0 Å². The number of rotatable bonds is 12. The molecule has 0 bridgehead atoms. The average Bonchev–Trinajstić information content (AvgIpc) is 4.25. The third-order valence-corrected chi connectivity index (χ3v) is 14.7. The summed E-state index contributed by atoms with van der Waals surface area (Å²) in [4.78, 5) is 0. The van der Waals surface area contributed by atoms with Crippen LogP contribution in [0.1, 0.15) is 45.6 Å². The van der Waals surface area contributed by atoms with Gasteiger partial charge in [0.15, 0.2) is 0 Å². The molecule has 12 aromatic rings. The van der Waals surface area contributed by atoms with Crippen molar-refractivity contribution >= 4 is 77.8 Å². The van der Waals surface area contributed by atoms with Crippen LogP contribution in [0.25, 0.3) is 32.3 Å². The van der Waals surface area contributed by atoms with Gasteiger partial charge in [-0.3, -0.25) is 18.7 Å². The summed E-state index contributed by atoms with van der Waals surface area (Å²) in [6, 6.07) is 55.8. The Morgan fingerprint density at radius 2 is 0.408 bits per heavy atom. The number of aromatic nitrogens is 4. The summed E-state index contributed by atoms with van der Waals surface area (Å²) in [6.45, 7) is 16.5. The SMILES string of the molecule is Cc1ccc(C)n1N(c1ccc(F)cc1)c1cc(N(c2ccc(F)cc2)n2c(C)ccc2C)c2ccc3c(N(c4ccc(F)cc4)n4c(C)ccc4C)cc(N(c4ccc(F)cc4)n4c(C)ccc4C)c4ccc1c2c43. The molecule has 4 heterocycles. The molecule has 12 heteroatoms. The predicted octanol–water partition coefficient (Wildman–Crippen LogP) is 17.2. The van der Waals surface area contributed by atoms with E-state index in [4.69, 9.17) is 0 Å². The molecule has 0 N–H and O–H groups in total. The van der Waals surface area contributed by atoms with Gasteiger partial charge in [-0.2, -0.15) is 0 Å². The quantitative estimate of drug-likeness (QED) is 0.0902. The van der Waals surface area contributed by atoms with E-state index in [0.717, 1.165) is 123 Å². The minimum Gasteiger partial charge on any atom is -0.258 e. The van der Waals surface area contributed by atoms with E-state index in [2.05, 4.69) is 179 Å². The topological polar surface area (TPSA) is 32.7 Å². The van der Waals surface area contributed by atoms with Crippen LogP contribution < -0.4 is 20.0 Å². The third-order valence-electron chi connectivity index (χ3n) is 14.7. The molecule has 8 aromatic carbocycles. The van der Waals surface area contributed by atoms with Crippen LogP contribution in [0.4, 0.5) is 63.1 Å². The molecule has 76 heavy (non-hydrogen) atoms. The highest BCUT2D eigenvalue weighted by Crippen LogP contribution is 2.52. The zero-order valence-corrected chi connectivity index (χ0v) is 43.4. The maximum Gasteiger partial charge on any atom is 0.123 e. The smallest absolute Gasteiger partial charge is 0.123 e. The molecule has 0 fully saturated rings. The zero-order valence-electron chi connectivity index (χ0n) is 43.4. The van der Waals surface area contributed by atoms with E-state index in [1.165, 1.54) is 48.5 Å². The number of hydrogen-bond donors (Lipinski definition) is 0. The fraction of sp³-hybridized carbons (Fsp3) is 0.125. The summed E-state index contributed by atoms with van der Waals surface area (Å²) in [5.41, 5.74) is 13.6. The second-order valence-electron chi connectivity index (χ2n) is 19.8. The molecule has 4 aromatic heterocycles. The molecular weight excluding hydrogens is 957 g/mol. The average molecular weight is 1010 g/mol. The maximum atomic E-state index is 15.1. The molecule has 8 nitrogen and oxygen atoms in total. The summed E-state index contributed by atoms with van der Waals surface area (Å²) < 4.78 is 68.9. The highest BCUT2D eigenvalue weighted by Gasteiger charge is 2.31. The fourth-order valence-corrected chi connectivity index (χ4v) is 11.3. The molecule has 0 radical (unpaired) electrons. The van der Waals surface area contributed by atoms with Crippen molar-refractivity contribution < 1.29 is 17.6 Å². The standard InChI is InChI=1S/C64H54F4N8/c1-39-9-10-40(2)69(39)73(51-25-17-47(65)18-26-51)59-37-60(74(52-27-19-48(66)20-28-52)70-41(3)11-12-42(70)4)56-35-36-58-62(76(54-31-23-50(68)24-32-54)72-45(7)15-16-46(72)8)38-61(57-34-33-55(59)63(56)64(57)58)75(53-29-21-49(67)22-30-53)71-43(5)13-14-44(71)6/h9-38H,1-8H3. The van der Waals surface area contributed by atoms with Gasteiger partial charge in [0.2, 0.25) is 0 Å². The van der Waals surface area contributed by atoms with Gasteiger partial charge in [0.25, 0.3) is 0 Å². The largest absolute Gasteiger partial charge is 0.258 e. The van der Waals surface area contributed by atoms with E-state index in [0.29, 0.717) is 0 Å². The lowest BCUT2D eigenvalue weighted by molar-refractivity contribution is 0.626. The van der Waals surface area contributed by atoms with Crippen molar-refractivity contribution in [2.75, 3.05) is 20.0 Å². The number of benzene rings is 8. The van der Waals surface area contributed by atoms with Crippen molar-refractivity contribution in [2.24, 2.45) is 0 Å². The van der Waals surface area contributed by atoms with Crippen LogP contribution in [0.15, 0.2) is 182 Å². The Morgan fingerprint density at radius 3 is 0.579 bits per heavy atom. The summed E-state index contributed by atoms with van der Waals surface area (Å²) in [5, 5.41) is 14.0. The number of aryl methyl sites for hydroxylation is 8. The van der Waals surface area contributed by atoms with Gasteiger partial charge >= 0.3 is 0 Å². The second-order valence-corrected chi connectivity index (χ2v) is 19.8. The molecule has 0 atom stereocenters. The molecular formula is C64H54F4N8. The Labute approximate surface area is 438 Å². The Hall–Kier alpha value is -9.16. The molecule has 0 aliphatic heterocycles. The van der Waals surface area contributed by atoms with Gasteiger partial charge in [-0.25, -0.2) is 37.6 Å². The van der Waals surface area contributed by atoms with Gasteiger partial charge in [0.1, 0.15) is 23.3 Å². The van der Waals surface area contributed by atoms with Crippen molar-refractivity contribution in [1.29, 1.82) is 0 Å². The van der Waals surface area contributed by atoms with Crippen LogP contribution in [0.3, 0.4) is 0 Å². The van der Waals surface area contributed by atoms with Crippen LogP contribution in [0.2, 0.25) is 0 Å². The summed E-state index contributed by atoms with van der Waals surface area (Å²) in [6.07, 6.45) is 0. The van der Waals surface area contributed by atoms with Gasteiger partial charge in [0.05, 0.1) is 45.5 Å². The van der Waals surface area contributed by atoms with E-state index >= 15 is 17.6 Å². The molecule has 0 saturated carbocycles. The zero-order chi connectivity index (χ0) is 52.8. The lowest BCUT2D eigenvalue weighted by Crippen LogP contribution is -2.30. The number of nitrogens with zero attached hydrogens (tertiary/aromatic N) is 8. The number of anilines is 8. The van der Waals surface area contributed by atoms with Crippen LogP contribution >= 0.6 is 0 Å². The van der Waals surface area contributed by atoms with Crippen LogP contribution in [-0.4, -0.2) is 18.7 Å². The van der Waals surface area contributed by atoms with Crippen molar-refractivity contribution in [2.45, 2.75) is 55.4 Å².